The van der Waals surface area contributed by atoms with Gasteiger partial charge in [-0.2, -0.15) is 0 Å². The fourth-order valence-electron chi connectivity index (χ4n) is 6.12. The number of carboxylic acids is 1. The Balaban J connectivity index is 1.25. The maximum absolute atomic E-state index is 12.4. The summed E-state index contributed by atoms with van der Waals surface area (Å²) in [5, 5.41) is 14.4. The Bertz CT molecular complexity index is 549. The molecular weight excluding hydrogens is 320 g/mol. The molecule has 0 saturated heterocycles. The number of nitrogens with one attached hydrogen (secondary N) is 2. The molecule has 5 aliphatic rings. The van der Waals surface area contributed by atoms with Gasteiger partial charge in [-0.25, -0.2) is 4.79 Å². The molecule has 0 radical (unpaired) electrons. The molecule has 25 heavy (non-hydrogen) atoms. The summed E-state index contributed by atoms with van der Waals surface area (Å²) in [5.74, 6) is 1.00. The summed E-state index contributed by atoms with van der Waals surface area (Å²) in [6, 6.07) is -0.812. The molecule has 0 aromatic rings. The average molecular weight is 348 g/mol. The molecule has 2 amide bonds. The molecule has 4 bridgehead atoms. The van der Waals surface area contributed by atoms with Gasteiger partial charge < -0.3 is 15.7 Å². The van der Waals surface area contributed by atoms with Gasteiger partial charge in [-0.15, -0.1) is 0 Å². The van der Waals surface area contributed by atoms with Crippen LogP contribution in [0.1, 0.15) is 57.8 Å². The van der Waals surface area contributed by atoms with Crippen LogP contribution in [0.25, 0.3) is 0 Å². The van der Waals surface area contributed by atoms with E-state index in [0.29, 0.717) is 6.42 Å². The van der Waals surface area contributed by atoms with Gasteiger partial charge in [0, 0.05) is 6.42 Å². The summed E-state index contributed by atoms with van der Waals surface area (Å²) in [6.45, 7) is -0.123. The van der Waals surface area contributed by atoms with Gasteiger partial charge in [0.15, 0.2) is 0 Å². The summed E-state index contributed by atoms with van der Waals surface area (Å²) in [4.78, 5) is 35.5. The molecule has 5 fully saturated rings. The molecule has 5 rings (SSSR count). The average Bonchev–Trinajstić information content (AvgIpc) is 3.33. The van der Waals surface area contributed by atoms with Crippen molar-refractivity contribution >= 4 is 17.8 Å². The summed E-state index contributed by atoms with van der Waals surface area (Å²) < 4.78 is 0. The summed E-state index contributed by atoms with van der Waals surface area (Å²) >= 11 is 0. The molecule has 1 unspecified atom stereocenters. The highest BCUT2D eigenvalue weighted by molar-refractivity contribution is 5.88. The number of amides is 2. The predicted octanol–water partition coefficient (Wildman–Crippen LogP) is 1.69. The van der Waals surface area contributed by atoms with E-state index in [0.717, 1.165) is 30.6 Å². The van der Waals surface area contributed by atoms with Gasteiger partial charge in [0.2, 0.25) is 11.8 Å². The van der Waals surface area contributed by atoms with Crippen molar-refractivity contribution in [1.29, 1.82) is 0 Å². The van der Waals surface area contributed by atoms with Gasteiger partial charge in [-0.05, 0) is 80.5 Å². The Hall–Kier alpha value is -1.59. The Morgan fingerprint density at radius 3 is 2.00 bits per heavy atom. The number of aliphatic carboxylic acids is 1. The lowest BCUT2D eigenvalue weighted by Crippen LogP contribution is -2.49. The number of hydrogen-bond acceptors (Lipinski definition) is 3. The second-order valence-electron chi connectivity index (χ2n) is 9.09. The van der Waals surface area contributed by atoms with Crippen LogP contribution in [0, 0.1) is 29.1 Å². The Morgan fingerprint density at radius 1 is 0.960 bits per heavy atom. The van der Waals surface area contributed by atoms with E-state index in [9.17, 15) is 14.4 Å². The standard InChI is InChI=1S/C19H28N2O4/c22-15(20-10-16(23)21-17(18(24)25)14-1-2-14)9-19-6-11-3-12(7-19)5-13(4-11)8-19/h11-14,17H,1-10H2,(H,20,22)(H,21,23)(H,24,25). The molecule has 0 aromatic carbocycles. The van der Waals surface area contributed by atoms with Gasteiger partial charge in [0.1, 0.15) is 6.04 Å². The highest BCUT2D eigenvalue weighted by atomic mass is 16.4. The van der Waals surface area contributed by atoms with Crippen molar-refractivity contribution < 1.29 is 19.5 Å². The van der Waals surface area contributed by atoms with Crippen LogP contribution in [0.15, 0.2) is 0 Å². The zero-order chi connectivity index (χ0) is 17.6. The maximum Gasteiger partial charge on any atom is 0.326 e. The Morgan fingerprint density at radius 2 is 1.52 bits per heavy atom. The highest BCUT2D eigenvalue weighted by Gasteiger charge is 2.51. The SMILES string of the molecule is O=C(CC12CC3CC(CC(C3)C1)C2)NCC(=O)NC(C(=O)O)C1CC1. The van der Waals surface area contributed by atoms with E-state index in [4.69, 9.17) is 5.11 Å². The lowest BCUT2D eigenvalue weighted by atomic mass is 9.49. The van der Waals surface area contributed by atoms with E-state index in [-0.39, 0.29) is 23.8 Å². The normalized spacial score (nSPS) is 36.7. The fraction of sp³-hybridized carbons (Fsp3) is 0.842. The quantitative estimate of drug-likeness (QED) is 0.652. The van der Waals surface area contributed by atoms with Gasteiger partial charge in [0.25, 0.3) is 0 Å². The van der Waals surface area contributed by atoms with E-state index in [1.54, 1.807) is 0 Å². The van der Waals surface area contributed by atoms with Gasteiger partial charge in [0.05, 0.1) is 6.54 Å². The van der Waals surface area contributed by atoms with Crippen molar-refractivity contribution in [3.05, 3.63) is 0 Å². The second-order valence-corrected chi connectivity index (χ2v) is 9.09. The number of hydrogen-bond donors (Lipinski definition) is 3. The molecule has 0 aromatic heterocycles. The second kappa shape index (κ2) is 6.29. The Kier molecular flexibility index (Phi) is 4.24. The van der Waals surface area contributed by atoms with E-state index in [1.807, 2.05) is 0 Å². The van der Waals surface area contributed by atoms with Crippen molar-refractivity contribution in [3.63, 3.8) is 0 Å². The van der Waals surface area contributed by atoms with Crippen LogP contribution in [0.5, 0.6) is 0 Å². The molecule has 6 nitrogen and oxygen atoms in total. The third-order valence-corrected chi connectivity index (χ3v) is 6.82. The summed E-state index contributed by atoms with van der Waals surface area (Å²) in [6.07, 6.45) is 9.76. The predicted molar refractivity (Wildman–Crippen MR) is 90.5 cm³/mol. The molecule has 6 heteroatoms. The zero-order valence-electron chi connectivity index (χ0n) is 14.6. The van der Waals surface area contributed by atoms with E-state index in [1.165, 1.54) is 38.5 Å². The van der Waals surface area contributed by atoms with Gasteiger partial charge >= 0.3 is 5.97 Å². The molecule has 5 aliphatic carbocycles. The van der Waals surface area contributed by atoms with Crippen LogP contribution in [0.3, 0.4) is 0 Å². The van der Waals surface area contributed by atoms with E-state index < -0.39 is 17.9 Å². The third kappa shape index (κ3) is 3.67. The summed E-state index contributed by atoms with van der Waals surface area (Å²) in [7, 11) is 0. The van der Waals surface area contributed by atoms with Crippen LogP contribution in [-0.2, 0) is 14.4 Å². The van der Waals surface area contributed by atoms with E-state index >= 15 is 0 Å². The van der Waals surface area contributed by atoms with Gasteiger partial charge in [-0.3, -0.25) is 9.59 Å². The topological polar surface area (TPSA) is 95.5 Å². The van der Waals surface area contributed by atoms with Crippen LogP contribution < -0.4 is 10.6 Å². The molecule has 0 spiro atoms. The van der Waals surface area contributed by atoms with E-state index in [2.05, 4.69) is 10.6 Å². The minimum absolute atomic E-state index is 0.0455. The fourth-order valence-corrected chi connectivity index (χ4v) is 6.12. The molecule has 3 N–H and O–H groups in total. The first-order chi connectivity index (χ1) is 11.9. The number of carbonyl (C=O) groups excluding carboxylic acids is 2. The molecule has 1 atom stereocenters. The number of carbonyl (C=O) groups is 3. The molecule has 5 saturated carbocycles. The minimum Gasteiger partial charge on any atom is -0.480 e. The Labute approximate surface area is 148 Å². The van der Waals surface area contributed by atoms with Gasteiger partial charge in [-0.1, -0.05) is 0 Å². The minimum atomic E-state index is -0.990. The number of carboxylic acid groups (broad SMARTS) is 1. The maximum atomic E-state index is 12.4. The summed E-state index contributed by atoms with van der Waals surface area (Å²) in [5.41, 5.74) is 0.160. The molecule has 0 heterocycles. The first kappa shape index (κ1) is 16.9. The van der Waals surface area contributed by atoms with Crippen molar-refractivity contribution in [2.75, 3.05) is 6.54 Å². The molecule has 138 valence electrons. The van der Waals surface area contributed by atoms with Crippen molar-refractivity contribution in [2.45, 2.75) is 63.8 Å². The largest absolute Gasteiger partial charge is 0.480 e. The first-order valence-electron chi connectivity index (χ1n) is 9.71. The van der Waals surface area contributed by atoms with Crippen LogP contribution in [0.4, 0.5) is 0 Å². The van der Waals surface area contributed by atoms with Crippen molar-refractivity contribution in [3.8, 4) is 0 Å². The zero-order valence-corrected chi connectivity index (χ0v) is 14.6. The smallest absolute Gasteiger partial charge is 0.326 e. The highest BCUT2D eigenvalue weighted by Crippen LogP contribution is 2.61. The molecular formula is C19H28N2O4. The number of rotatable bonds is 7. The molecule has 0 aliphatic heterocycles. The van der Waals surface area contributed by atoms with Crippen LogP contribution in [-0.4, -0.2) is 35.5 Å². The third-order valence-electron chi connectivity index (χ3n) is 6.82. The van der Waals surface area contributed by atoms with Crippen LogP contribution in [0.2, 0.25) is 0 Å². The monoisotopic (exact) mass is 348 g/mol. The first-order valence-corrected chi connectivity index (χ1v) is 9.71. The lowest BCUT2D eigenvalue weighted by Gasteiger charge is -2.56. The van der Waals surface area contributed by atoms with Crippen molar-refractivity contribution in [1.82, 2.24) is 10.6 Å². The van der Waals surface area contributed by atoms with Crippen LogP contribution >= 0.6 is 0 Å². The van der Waals surface area contributed by atoms with Crippen molar-refractivity contribution in [2.24, 2.45) is 29.1 Å². The lowest BCUT2D eigenvalue weighted by molar-refractivity contribution is -0.142.